The fraction of sp³-hybridized carbons (Fsp3) is 0.111. The average Bonchev–Trinajstić information content (AvgIpc) is 3.11. The van der Waals surface area contributed by atoms with Crippen molar-refractivity contribution in [3.05, 3.63) is 111 Å². The summed E-state index contributed by atoms with van der Waals surface area (Å²) >= 11 is 3.62. The molecule has 4 rings (SSSR count). The number of anilines is 1. The SMILES string of the molecule is CCOC(=O)c1ccc(/C=C2/C=C(c3ccccc3)N(c3ccc(C)cc3Br)C2=O)cc1. The highest BCUT2D eigenvalue weighted by Crippen LogP contribution is 2.39. The maximum atomic E-state index is 13.5. The summed E-state index contributed by atoms with van der Waals surface area (Å²) in [6.45, 7) is 4.12. The van der Waals surface area contributed by atoms with Gasteiger partial charge in [-0.25, -0.2) is 4.79 Å². The molecule has 0 fully saturated rings. The number of carbonyl (C=O) groups excluding carboxylic acids is 2. The quantitative estimate of drug-likeness (QED) is 0.308. The minimum atomic E-state index is -0.356. The number of ether oxygens (including phenoxy) is 1. The minimum absolute atomic E-state index is 0.108. The summed E-state index contributed by atoms with van der Waals surface area (Å²) in [5, 5.41) is 0. The van der Waals surface area contributed by atoms with Gasteiger partial charge in [0.2, 0.25) is 0 Å². The van der Waals surface area contributed by atoms with Gasteiger partial charge in [-0.2, -0.15) is 0 Å². The standard InChI is InChI=1S/C27H22BrNO3/c1-3-32-27(31)21-12-10-19(11-13-21)16-22-17-25(20-7-5-4-6-8-20)29(26(22)30)24-14-9-18(2)15-23(24)28/h4-17H,3H2,1-2H3/b22-16-. The second-order valence-electron chi connectivity index (χ2n) is 7.43. The van der Waals surface area contributed by atoms with E-state index in [9.17, 15) is 9.59 Å². The molecule has 1 amide bonds. The number of amides is 1. The van der Waals surface area contributed by atoms with E-state index in [0.717, 1.165) is 32.5 Å². The topological polar surface area (TPSA) is 46.6 Å². The van der Waals surface area contributed by atoms with Crippen molar-refractivity contribution in [1.82, 2.24) is 0 Å². The molecule has 1 heterocycles. The number of benzene rings is 3. The Balaban J connectivity index is 1.74. The molecular weight excluding hydrogens is 466 g/mol. The Bertz CT molecular complexity index is 1230. The van der Waals surface area contributed by atoms with E-state index in [4.69, 9.17) is 4.74 Å². The molecule has 3 aromatic carbocycles. The molecule has 0 atom stereocenters. The predicted molar refractivity (Wildman–Crippen MR) is 131 cm³/mol. The van der Waals surface area contributed by atoms with Crippen LogP contribution in [0.3, 0.4) is 0 Å². The van der Waals surface area contributed by atoms with Gasteiger partial charge in [-0.3, -0.25) is 9.69 Å². The van der Waals surface area contributed by atoms with Crippen LogP contribution < -0.4 is 4.90 Å². The zero-order chi connectivity index (χ0) is 22.7. The Hall–Kier alpha value is -3.44. The van der Waals surface area contributed by atoms with E-state index in [1.54, 1.807) is 24.0 Å². The van der Waals surface area contributed by atoms with Gasteiger partial charge < -0.3 is 4.74 Å². The van der Waals surface area contributed by atoms with Crippen molar-refractivity contribution in [2.45, 2.75) is 13.8 Å². The van der Waals surface area contributed by atoms with Gasteiger partial charge in [-0.05, 0) is 82.9 Å². The Kier molecular flexibility index (Phi) is 6.37. The van der Waals surface area contributed by atoms with Crippen molar-refractivity contribution >= 4 is 45.3 Å². The lowest BCUT2D eigenvalue weighted by atomic mass is 10.1. The highest BCUT2D eigenvalue weighted by molar-refractivity contribution is 9.10. The van der Waals surface area contributed by atoms with Gasteiger partial charge in [0.05, 0.1) is 23.6 Å². The summed E-state index contributed by atoms with van der Waals surface area (Å²) in [6.07, 6.45) is 3.74. The molecule has 5 heteroatoms. The van der Waals surface area contributed by atoms with Crippen LogP contribution in [-0.2, 0) is 9.53 Å². The largest absolute Gasteiger partial charge is 0.462 e. The monoisotopic (exact) mass is 487 g/mol. The zero-order valence-electron chi connectivity index (χ0n) is 17.8. The highest BCUT2D eigenvalue weighted by atomic mass is 79.9. The number of hydrogen-bond donors (Lipinski definition) is 0. The van der Waals surface area contributed by atoms with E-state index in [0.29, 0.717) is 17.7 Å². The number of nitrogens with zero attached hydrogens (tertiary/aromatic N) is 1. The third kappa shape index (κ3) is 4.43. The van der Waals surface area contributed by atoms with E-state index in [1.807, 2.05) is 79.7 Å². The first-order valence-corrected chi connectivity index (χ1v) is 11.1. The summed E-state index contributed by atoms with van der Waals surface area (Å²) < 4.78 is 5.89. The first kappa shape index (κ1) is 21.8. The van der Waals surface area contributed by atoms with Crippen molar-refractivity contribution in [3.8, 4) is 0 Å². The number of aryl methyl sites for hydroxylation is 1. The van der Waals surface area contributed by atoms with Crippen molar-refractivity contribution in [3.63, 3.8) is 0 Å². The van der Waals surface area contributed by atoms with Crippen molar-refractivity contribution < 1.29 is 14.3 Å². The normalized spacial score (nSPS) is 14.6. The molecule has 0 unspecified atom stereocenters. The molecule has 0 saturated carbocycles. The summed E-state index contributed by atoms with van der Waals surface area (Å²) in [4.78, 5) is 27.1. The summed E-state index contributed by atoms with van der Waals surface area (Å²) in [7, 11) is 0. The Labute approximate surface area is 196 Å². The lowest BCUT2D eigenvalue weighted by Gasteiger charge is -2.22. The zero-order valence-corrected chi connectivity index (χ0v) is 19.4. The van der Waals surface area contributed by atoms with Gasteiger partial charge in [-0.1, -0.05) is 48.5 Å². The van der Waals surface area contributed by atoms with Crippen molar-refractivity contribution in [2.24, 2.45) is 0 Å². The fourth-order valence-electron chi connectivity index (χ4n) is 3.58. The van der Waals surface area contributed by atoms with Crippen LogP contribution in [0.1, 0.15) is 34.0 Å². The van der Waals surface area contributed by atoms with E-state index >= 15 is 0 Å². The molecule has 1 aliphatic heterocycles. The molecular formula is C27H22BrNO3. The highest BCUT2D eigenvalue weighted by Gasteiger charge is 2.31. The van der Waals surface area contributed by atoms with Crippen LogP contribution in [0.25, 0.3) is 11.8 Å². The molecule has 1 aliphatic rings. The lowest BCUT2D eigenvalue weighted by molar-refractivity contribution is -0.113. The number of carbonyl (C=O) groups is 2. The fourth-order valence-corrected chi connectivity index (χ4v) is 4.25. The van der Waals surface area contributed by atoms with Gasteiger partial charge in [0, 0.05) is 10.0 Å². The average molecular weight is 488 g/mol. The third-order valence-electron chi connectivity index (χ3n) is 5.14. The van der Waals surface area contributed by atoms with E-state index in [1.165, 1.54) is 0 Å². The van der Waals surface area contributed by atoms with E-state index in [-0.39, 0.29) is 11.9 Å². The van der Waals surface area contributed by atoms with Crippen LogP contribution in [-0.4, -0.2) is 18.5 Å². The summed E-state index contributed by atoms with van der Waals surface area (Å²) in [5.74, 6) is -0.465. The first-order chi connectivity index (χ1) is 15.5. The van der Waals surface area contributed by atoms with E-state index in [2.05, 4.69) is 15.9 Å². The van der Waals surface area contributed by atoms with Crippen molar-refractivity contribution in [2.75, 3.05) is 11.5 Å². The molecule has 0 N–H and O–H groups in total. The molecule has 0 saturated heterocycles. The van der Waals surface area contributed by atoms with Gasteiger partial charge >= 0.3 is 5.97 Å². The first-order valence-electron chi connectivity index (χ1n) is 10.3. The third-order valence-corrected chi connectivity index (χ3v) is 5.78. The Morgan fingerprint density at radius 3 is 2.41 bits per heavy atom. The minimum Gasteiger partial charge on any atom is -0.462 e. The molecule has 0 aromatic heterocycles. The molecule has 160 valence electrons. The number of hydrogen-bond acceptors (Lipinski definition) is 3. The predicted octanol–water partition coefficient (Wildman–Crippen LogP) is 6.41. The molecule has 0 bridgehead atoms. The van der Waals surface area contributed by atoms with Crippen LogP contribution >= 0.6 is 15.9 Å². The molecule has 3 aromatic rings. The second kappa shape index (κ2) is 9.37. The Morgan fingerprint density at radius 2 is 1.75 bits per heavy atom. The van der Waals surface area contributed by atoms with Crippen LogP contribution in [0.2, 0.25) is 0 Å². The summed E-state index contributed by atoms with van der Waals surface area (Å²) in [6, 6.07) is 22.8. The lowest BCUT2D eigenvalue weighted by Crippen LogP contribution is -2.25. The van der Waals surface area contributed by atoms with Crippen LogP contribution in [0.5, 0.6) is 0 Å². The number of esters is 1. The maximum Gasteiger partial charge on any atom is 0.338 e. The Morgan fingerprint density at radius 1 is 1.03 bits per heavy atom. The molecule has 0 radical (unpaired) electrons. The molecule has 0 spiro atoms. The van der Waals surface area contributed by atoms with Crippen LogP contribution in [0, 0.1) is 6.92 Å². The molecule has 4 nitrogen and oxygen atoms in total. The smallest absolute Gasteiger partial charge is 0.338 e. The number of halogens is 1. The van der Waals surface area contributed by atoms with Crippen molar-refractivity contribution in [1.29, 1.82) is 0 Å². The summed E-state index contributed by atoms with van der Waals surface area (Å²) in [5.41, 5.74) is 5.54. The van der Waals surface area contributed by atoms with Crippen LogP contribution in [0.4, 0.5) is 5.69 Å². The molecule has 0 aliphatic carbocycles. The van der Waals surface area contributed by atoms with E-state index < -0.39 is 0 Å². The number of rotatable bonds is 5. The molecule has 32 heavy (non-hydrogen) atoms. The second-order valence-corrected chi connectivity index (χ2v) is 8.29. The van der Waals surface area contributed by atoms with Gasteiger partial charge in [0.25, 0.3) is 5.91 Å². The van der Waals surface area contributed by atoms with Gasteiger partial charge in [-0.15, -0.1) is 0 Å². The maximum absolute atomic E-state index is 13.5. The van der Waals surface area contributed by atoms with Gasteiger partial charge in [0.1, 0.15) is 0 Å². The van der Waals surface area contributed by atoms with Gasteiger partial charge in [0.15, 0.2) is 0 Å². The van der Waals surface area contributed by atoms with Crippen LogP contribution in [0.15, 0.2) is 88.9 Å².